The van der Waals surface area contributed by atoms with Crippen LogP contribution in [0.4, 0.5) is 13.2 Å². The Balaban J connectivity index is 2.04. The normalized spacial score (nSPS) is 11.9. The van der Waals surface area contributed by atoms with Gasteiger partial charge in [0.1, 0.15) is 5.75 Å². The first-order valence-electron chi connectivity index (χ1n) is 6.30. The molecule has 114 valence electrons. The first-order chi connectivity index (χ1) is 10.3. The predicted octanol–water partition coefficient (Wildman–Crippen LogP) is 4.90. The van der Waals surface area contributed by atoms with Gasteiger partial charge in [-0.05, 0) is 29.8 Å². The maximum absolute atomic E-state index is 12.2. The van der Waals surface area contributed by atoms with Crippen molar-refractivity contribution in [3.8, 4) is 16.9 Å². The number of nitrogens with zero attached hydrogens (tertiary/aromatic N) is 2. The Labute approximate surface area is 132 Å². The molecule has 3 aromatic rings. The zero-order valence-electron chi connectivity index (χ0n) is 11.4. The minimum Gasteiger partial charge on any atom is -0.406 e. The quantitative estimate of drug-likeness (QED) is 0.641. The van der Waals surface area contributed by atoms with Crippen LogP contribution in [0.1, 0.15) is 0 Å². The Kier molecular flexibility index (Phi) is 3.60. The first-order valence-corrected chi connectivity index (χ1v) is 7.09. The Hall–Kier alpha value is -2.02. The Morgan fingerprint density at radius 3 is 2.45 bits per heavy atom. The van der Waals surface area contributed by atoms with Gasteiger partial charge >= 0.3 is 6.36 Å². The number of alkyl halides is 3. The van der Waals surface area contributed by atoms with Crippen molar-refractivity contribution < 1.29 is 17.9 Å². The molecule has 0 fully saturated rings. The van der Waals surface area contributed by atoms with Gasteiger partial charge in [-0.15, -0.1) is 13.2 Å². The highest BCUT2D eigenvalue weighted by atomic mass is 79.9. The maximum atomic E-state index is 12.2. The van der Waals surface area contributed by atoms with Crippen LogP contribution >= 0.6 is 15.9 Å². The largest absolute Gasteiger partial charge is 0.573 e. The van der Waals surface area contributed by atoms with Crippen LogP contribution in [-0.2, 0) is 7.05 Å². The molecule has 0 amide bonds. The molecule has 1 aromatic heterocycles. The van der Waals surface area contributed by atoms with Gasteiger partial charge in [-0.2, -0.15) is 0 Å². The second kappa shape index (κ2) is 5.31. The van der Waals surface area contributed by atoms with E-state index in [-0.39, 0.29) is 5.75 Å². The lowest BCUT2D eigenvalue weighted by Crippen LogP contribution is -2.16. The fraction of sp³-hybridized carbons (Fsp3) is 0.133. The molecule has 22 heavy (non-hydrogen) atoms. The molecule has 0 N–H and O–H groups in total. The number of ether oxygens (including phenoxy) is 1. The molecule has 0 aliphatic rings. The smallest absolute Gasteiger partial charge is 0.406 e. The standard InChI is InChI=1S/C15H10BrF3N2O/c1-21-8-20-14-12(6-10(16)7-13(14)21)9-2-4-11(5-3-9)22-15(17,18)19/h2-8H,1H3. The van der Waals surface area contributed by atoms with Crippen LogP contribution in [-0.4, -0.2) is 15.9 Å². The topological polar surface area (TPSA) is 27.1 Å². The molecule has 0 spiro atoms. The number of benzene rings is 2. The first kappa shape index (κ1) is 14.9. The molecule has 0 atom stereocenters. The summed E-state index contributed by atoms with van der Waals surface area (Å²) in [7, 11) is 1.88. The molecule has 7 heteroatoms. The lowest BCUT2D eigenvalue weighted by Gasteiger charge is -2.10. The van der Waals surface area contributed by atoms with E-state index >= 15 is 0 Å². The number of rotatable bonds is 2. The highest BCUT2D eigenvalue weighted by molar-refractivity contribution is 9.10. The second-order valence-electron chi connectivity index (χ2n) is 4.75. The van der Waals surface area contributed by atoms with Crippen LogP contribution < -0.4 is 4.74 Å². The van der Waals surface area contributed by atoms with E-state index in [1.807, 2.05) is 23.7 Å². The van der Waals surface area contributed by atoms with E-state index in [1.165, 1.54) is 12.1 Å². The summed E-state index contributed by atoms with van der Waals surface area (Å²) in [5.74, 6) is -0.247. The minimum absolute atomic E-state index is 0.247. The van der Waals surface area contributed by atoms with Gasteiger partial charge in [0.15, 0.2) is 0 Å². The summed E-state index contributed by atoms with van der Waals surface area (Å²) in [6.45, 7) is 0. The molecule has 2 aromatic carbocycles. The molecule has 0 bridgehead atoms. The van der Waals surface area contributed by atoms with Crippen molar-refractivity contribution >= 4 is 27.0 Å². The molecule has 0 saturated heterocycles. The van der Waals surface area contributed by atoms with Crippen molar-refractivity contribution in [1.82, 2.24) is 9.55 Å². The number of imidazole rings is 1. The van der Waals surface area contributed by atoms with E-state index in [4.69, 9.17) is 0 Å². The van der Waals surface area contributed by atoms with Crippen molar-refractivity contribution in [2.45, 2.75) is 6.36 Å². The van der Waals surface area contributed by atoms with E-state index in [0.717, 1.165) is 26.6 Å². The van der Waals surface area contributed by atoms with Gasteiger partial charge < -0.3 is 9.30 Å². The monoisotopic (exact) mass is 370 g/mol. The summed E-state index contributed by atoms with van der Waals surface area (Å²) in [5.41, 5.74) is 3.32. The average Bonchev–Trinajstić information content (AvgIpc) is 2.79. The number of hydrogen-bond donors (Lipinski definition) is 0. The van der Waals surface area contributed by atoms with Gasteiger partial charge in [0, 0.05) is 17.1 Å². The fourth-order valence-electron chi connectivity index (χ4n) is 2.25. The molecule has 3 rings (SSSR count). The van der Waals surface area contributed by atoms with Gasteiger partial charge in [0.25, 0.3) is 0 Å². The van der Waals surface area contributed by atoms with Crippen LogP contribution in [0, 0.1) is 0 Å². The molecule has 1 heterocycles. The van der Waals surface area contributed by atoms with Gasteiger partial charge in [-0.25, -0.2) is 4.98 Å². The fourth-order valence-corrected chi connectivity index (χ4v) is 2.70. The summed E-state index contributed by atoms with van der Waals surface area (Å²) in [4.78, 5) is 4.35. The Bertz CT molecular complexity index is 825. The second-order valence-corrected chi connectivity index (χ2v) is 5.66. The van der Waals surface area contributed by atoms with Gasteiger partial charge in [-0.3, -0.25) is 0 Å². The SMILES string of the molecule is Cn1cnc2c(-c3ccc(OC(F)(F)F)cc3)cc(Br)cc21. The van der Waals surface area contributed by atoms with E-state index < -0.39 is 6.36 Å². The van der Waals surface area contributed by atoms with Crippen molar-refractivity contribution in [3.05, 3.63) is 47.2 Å². The predicted molar refractivity (Wildman–Crippen MR) is 80.5 cm³/mol. The number of aryl methyl sites for hydroxylation is 1. The van der Waals surface area contributed by atoms with Crippen LogP contribution in [0.5, 0.6) is 5.75 Å². The van der Waals surface area contributed by atoms with Gasteiger partial charge in [-0.1, -0.05) is 28.1 Å². The summed E-state index contributed by atoms with van der Waals surface area (Å²) < 4.78 is 43.2. The highest BCUT2D eigenvalue weighted by Crippen LogP contribution is 2.32. The summed E-state index contributed by atoms with van der Waals surface area (Å²) in [5, 5.41) is 0. The molecule has 0 unspecified atom stereocenters. The van der Waals surface area contributed by atoms with Crippen LogP contribution in [0.3, 0.4) is 0 Å². The maximum Gasteiger partial charge on any atom is 0.573 e. The van der Waals surface area contributed by atoms with Crippen molar-refractivity contribution in [1.29, 1.82) is 0 Å². The number of halogens is 4. The number of fused-ring (bicyclic) bond motifs is 1. The van der Waals surface area contributed by atoms with Crippen molar-refractivity contribution in [2.75, 3.05) is 0 Å². The van der Waals surface area contributed by atoms with E-state index in [0.29, 0.717) is 0 Å². The van der Waals surface area contributed by atoms with Crippen molar-refractivity contribution in [3.63, 3.8) is 0 Å². The molecule has 0 saturated carbocycles. The minimum atomic E-state index is -4.69. The number of aromatic nitrogens is 2. The molecular weight excluding hydrogens is 361 g/mol. The summed E-state index contributed by atoms with van der Waals surface area (Å²) in [6.07, 6.45) is -2.99. The molecule has 0 radical (unpaired) electrons. The zero-order chi connectivity index (χ0) is 15.9. The van der Waals surface area contributed by atoms with E-state index in [9.17, 15) is 13.2 Å². The summed E-state index contributed by atoms with van der Waals surface area (Å²) >= 11 is 3.44. The van der Waals surface area contributed by atoms with Crippen LogP contribution in [0.2, 0.25) is 0 Å². The summed E-state index contributed by atoms with van der Waals surface area (Å²) in [6, 6.07) is 9.56. The van der Waals surface area contributed by atoms with Gasteiger partial charge in [0.05, 0.1) is 17.4 Å². The molecule has 3 nitrogen and oxygen atoms in total. The van der Waals surface area contributed by atoms with Gasteiger partial charge in [0.2, 0.25) is 0 Å². The van der Waals surface area contributed by atoms with Crippen LogP contribution in [0.15, 0.2) is 47.2 Å². The van der Waals surface area contributed by atoms with E-state index in [2.05, 4.69) is 25.7 Å². The lowest BCUT2D eigenvalue weighted by atomic mass is 10.0. The average molecular weight is 371 g/mol. The number of hydrogen-bond acceptors (Lipinski definition) is 2. The molecule has 0 aliphatic heterocycles. The van der Waals surface area contributed by atoms with Crippen LogP contribution in [0.25, 0.3) is 22.2 Å². The van der Waals surface area contributed by atoms with E-state index in [1.54, 1.807) is 18.5 Å². The lowest BCUT2D eigenvalue weighted by molar-refractivity contribution is -0.274. The third-order valence-electron chi connectivity index (χ3n) is 3.19. The zero-order valence-corrected chi connectivity index (χ0v) is 12.9. The van der Waals surface area contributed by atoms with Crippen molar-refractivity contribution in [2.24, 2.45) is 7.05 Å². The third kappa shape index (κ3) is 2.94. The molecular formula is C15H10BrF3N2O. The molecule has 0 aliphatic carbocycles. The Morgan fingerprint density at radius 1 is 1.14 bits per heavy atom. The Morgan fingerprint density at radius 2 is 1.82 bits per heavy atom. The third-order valence-corrected chi connectivity index (χ3v) is 3.65. The highest BCUT2D eigenvalue weighted by Gasteiger charge is 2.31.